The average molecular weight is 324 g/mol. The molecule has 0 radical (unpaired) electrons. The summed E-state index contributed by atoms with van der Waals surface area (Å²) in [5.41, 5.74) is 1.19. The van der Waals surface area contributed by atoms with Crippen LogP contribution in [0.15, 0.2) is 29.2 Å². The van der Waals surface area contributed by atoms with Gasteiger partial charge < -0.3 is 5.32 Å². The standard InChI is InChI=1S/C16H21FN2S2/c1-11(2)8-13-15(9-18-3)21-16(19-13)10-20-14-7-5-4-6-12(14)17/h4-7,11,18H,8-10H2,1-3H3. The molecule has 0 amide bonds. The molecule has 0 unspecified atom stereocenters. The molecule has 114 valence electrons. The second-order valence-corrected chi connectivity index (χ2v) is 7.51. The Morgan fingerprint density at radius 1 is 1.33 bits per heavy atom. The van der Waals surface area contributed by atoms with E-state index in [4.69, 9.17) is 4.98 Å². The molecule has 21 heavy (non-hydrogen) atoms. The second kappa shape index (κ2) is 7.92. The maximum Gasteiger partial charge on any atom is 0.136 e. The smallest absolute Gasteiger partial charge is 0.136 e. The highest BCUT2D eigenvalue weighted by molar-refractivity contribution is 7.98. The van der Waals surface area contributed by atoms with Crippen molar-refractivity contribution in [1.82, 2.24) is 10.3 Å². The SMILES string of the molecule is CNCc1sc(CSc2ccccc2F)nc1CC(C)C. The molecular weight excluding hydrogens is 303 g/mol. The Kier molecular flexibility index (Phi) is 6.21. The van der Waals surface area contributed by atoms with Gasteiger partial charge in [0, 0.05) is 16.3 Å². The van der Waals surface area contributed by atoms with Crippen molar-refractivity contribution >= 4 is 23.1 Å². The highest BCUT2D eigenvalue weighted by Crippen LogP contribution is 2.29. The van der Waals surface area contributed by atoms with E-state index in [1.54, 1.807) is 17.4 Å². The number of thiazole rings is 1. The fourth-order valence-corrected chi connectivity index (χ4v) is 4.08. The second-order valence-electron chi connectivity index (χ2n) is 5.32. The van der Waals surface area contributed by atoms with E-state index in [2.05, 4.69) is 19.2 Å². The minimum atomic E-state index is -0.156. The van der Waals surface area contributed by atoms with Crippen molar-refractivity contribution in [2.24, 2.45) is 5.92 Å². The molecule has 0 saturated heterocycles. The summed E-state index contributed by atoms with van der Waals surface area (Å²) in [7, 11) is 1.95. The highest BCUT2D eigenvalue weighted by atomic mass is 32.2. The minimum Gasteiger partial charge on any atom is -0.315 e. The van der Waals surface area contributed by atoms with E-state index in [-0.39, 0.29) is 5.82 Å². The first-order chi connectivity index (χ1) is 10.1. The molecule has 0 fully saturated rings. The summed E-state index contributed by atoms with van der Waals surface area (Å²) in [6.07, 6.45) is 0.998. The monoisotopic (exact) mass is 324 g/mol. The Morgan fingerprint density at radius 3 is 2.76 bits per heavy atom. The van der Waals surface area contributed by atoms with Crippen LogP contribution >= 0.6 is 23.1 Å². The zero-order valence-corrected chi connectivity index (χ0v) is 14.3. The topological polar surface area (TPSA) is 24.9 Å². The molecule has 0 spiro atoms. The third-order valence-electron chi connectivity index (χ3n) is 2.95. The summed E-state index contributed by atoms with van der Waals surface area (Å²) in [6.45, 7) is 5.26. The van der Waals surface area contributed by atoms with Gasteiger partial charge in [0.15, 0.2) is 0 Å². The van der Waals surface area contributed by atoms with Crippen LogP contribution in [0.25, 0.3) is 0 Å². The number of rotatable bonds is 7. The molecule has 2 rings (SSSR count). The van der Waals surface area contributed by atoms with Crippen LogP contribution < -0.4 is 5.32 Å². The lowest BCUT2D eigenvalue weighted by molar-refractivity contribution is 0.602. The van der Waals surface area contributed by atoms with Crippen LogP contribution in [0.2, 0.25) is 0 Å². The lowest BCUT2D eigenvalue weighted by Crippen LogP contribution is -2.07. The number of thioether (sulfide) groups is 1. The summed E-state index contributed by atoms with van der Waals surface area (Å²) in [5, 5.41) is 4.27. The van der Waals surface area contributed by atoms with E-state index < -0.39 is 0 Å². The molecule has 0 atom stereocenters. The van der Waals surface area contributed by atoms with E-state index in [1.165, 1.54) is 28.4 Å². The molecule has 0 aliphatic rings. The first-order valence-corrected chi connectivity index (χ1v) is 8.89. The summed E-state index contributed by atoms with van der Waals surface area (Å²) in [5.74, 6) is 1.16. The van der Waals surface area contributed by atoms with Crippen molar-refractivity contribution in [1.29, 1.82) is 0 Å². The third-order valence-corrected chi connectivity index (χ3v) is 5.29. The van der Waals surface area contributed by atoms with Crippen LogP contribution in [0.1, 0.15) is 29.4 Å². The number of nitrogens with zero attached hydrogens (tertiary/aromatic N) is 1. The molecule has 0 aliphatic carbocycles. The quantitative estimate of drug-likeness (QED) is 0.760. The predicted octanol–water partition coefficient (Wildman–Crippen LogP) is 4.49. The third kappa shape index (κ3) is 4.80. The summed E-state index contributed by atoms with van der Waals surface area (Å²) in [4.78, 5) is 6.74. The minimum absolute atomic E-state index is 0.156. The van der Waals surface area contributed by atoms with Crippen molar-refractivity contribution in [3.63, 3.8) is 0 Å². The maximum atomic E-state index is 13.6. The molecule has 1 aromatic carbocycles. The first kappa shape index (κ1) is 16.5. The molecule has 2 aromatic rings. The Morgan fingerprint density at radius 2 is 2.10 bits per heavy atom. The van der Waals surface area contributed by atoms with Gasteiger partial charge in [-0.1, -0.05) is 26.0 Å². The average Bonchev–Trinajstić information content (AvgIpc) is 2.80. The van der Waals surface area contributed by atoms with Gasteiger partial charge in [-0.2, -0.15) is 0 Å². The molecule has 2 nitrogen and oxygen atoms in total. The summed E-state index contributed by atoms with van der Waals surface area (Å²) < 4.78 is 13.6. The Labute approximate surface area is 134 Å². The normalized spacial score (nSPS) is 11.3. The van der Waals surface area contributed by atoms with Crippen molar-refractivity contribution in [2.45, 2.75) is 37.5 Å². The van der Waals surface area contributed by atoms with Crippen molar-refractivity contribution in [3.05, 3.63) is 45.7 Å². The number of nitrogens with one attached hydrogen (secondary N) is 1. The van der Waals surface area contributed by atoms with Crippen LogP contribution in [0.5, 0.6) is 0 Å². The zero-order chi connectivity index (χ0) is 15.2. The summed E-state index contributed by atoms with van der Waals surface area (Å²) >= 11 is 3.25. The summed E-state index contributed by atoms with van der Waals surface area (Å²) in [6, 6.07) is 6.90. The van der Waals surface area contributed by atoms with Gasteiger partial charge in [-0.15, -0.1) is 23.1 Å². The van der Waals surface area contributed by atoms with Gasteiger partial charge in [-0.25, -0.2) is 9.37 Å². The van der Waals surface area contributed by atoms with E-state index in [9.17, 15) is 4.39 Å². The van der Waals surface area contributed by atoms with Gasteiger partial charge in [0.2, 0.25) is 0 Å². The van der Waals surface area contributed by atoms with Crippen LogP contribution in [-0.4, -0.2) is 12.0 Å². The Hall–Kier alpha value is -0.910. The molecule has 0 aliphatic heterocycles. The van der Waals surface area contributed by atoms with E-state index in [1.807, 2.05) is 19.2 Å². The van der Waals surface area contributed by atoms with Gasteiger partial charge in [-0.3, -0.25) is 0 Å². The predicted molar refractivity (Wildman–Crippen MR) is 89.4 cm³/mol. The van der Waals surface area contributed by atoms with Gasteiger partial charge in [-0.05, 0) is 31.5 Å². The van der Waals surface area contributed by atoms with Crippen LogP contribution in [0, 0.1) is 11.7 Å². The maximum absolute atomic E-state index is 13.6. The van der Waals surface area contributed by atoms with Crippen molar-refractivity contribution < 1.29 is 4.39 Å². The van der Waals surface area contributed by atoms with Crippen LogP contribution in [0.3, 0.4) is 0 Å². The Bertz CT molecular complexity index is 581. The fraction of sp³-hybridized carbons (Fsp3) is 0.438. The number of hydrogen-bond acceptors (Lipinski definition) is 4. The molecule has 1 N–H and O–H groups in total. The van der Waals surface area contributed by atoms with Crippen LogP contribution in [0.4, 0.5) is 4.39 Å². The van der Waals surface area contributed by atoms with Gasteiger partial charge >= 0.3 is 0 Å². The molecule has 0 bridgehead atoms. The van der Waals surface area contributed by atoms with Crippen molar-refractivity contribution in [2.75, 3.05) is 7.05 Å². The van der Waals surface area contributed by atoms with Gasteiger partial charge in [0.1, 0.15) is 10.8 Å². The number of halogens is 1. The largest absolute Gasteiger partial charge is 0.315 e. The fourth-order valence-electron chi connectivity index (χ4n) is 2.04. The molecular formula is C16H21FN2S2. The number of benzene rings is 1. The van der Waals surface area contributed by atoms with E-state index >= 15 is 0 Å². The van der Waals surface area contributed by atoms with Crippen molar-refractivity contribution in [3.8, 4) is 0 Å². The molecule has 0 saturated carbocycles. The molecule has 1 aromatic heterocycles. The molecule has 5 heteroatoms. The first-order valence-electron chi connectivity index (χ1n) is 7.09. The van der Waals surface area contributed by atoms with Crippen LogP contribution in [-0.2, 0) is 18.7 Å². The lowest BCUT2D eigenvalue weighted by atomic mass is 10.1. The van der Waals surface area contributed by atoms with E-state index in [0.29, 0.717) is 10.8 Å². The number of hydrogen-bond donors (Lipinski definition) is 1. The lowest BCUT2D eigenvalue weighted by Gasteiger charge is -2.03. The van der Waals surface area contributed by atoms with Gasteiger partial charge in [0.05, 0.1) is 11.4 Å². The highest BCUT2D eigenvalue weighted by Gasteiger charge is 2.13. The van der Waals surface area contributed by atoms with Gasteiger partial charge in [0.25, 0.3) is 0 Å². The van der Waals surface area contributed by atoms with E-state index in [0.717, 1.165) is 23.7 Å². The zero-order valence-electron chi connectivity index (χ0n) is 12.6. The Balaban J connectivity index is 2.08. The number of aromatic nitrogens is 1. The molecule has 1 heterocycles.